The average Bonchev–Trinajstić information content (AvgIpc) is 3.02. The normalized spacial score (nSPS) is 46.7. The molecule has 1 aromatic carbocycles. The molecule has 3 aliphatic carbocycles. The number of aliphatic hydroxyl groups excluding tert-OH is 5. The van der Waals surface area contributed by atoms with Crippen LogP contribution in [0.2, 0.25) is 0 Å². The second-order valence-electron chi connectivity index (χ2n) is 10.4. The zero-order chi connectivity index (χ0) is 23.7. The Kier molecular flexibility index (Phi) is 5.70. The molecular formula is C24H32O9. The van der Waals surface area contributed by atoms with E-state index in [-0.39, 0.29) is 11.3 Å². The highest BCUT2D eigenvalue weighted by Gasteiger charge is 2.57. The predicted molar refractivity (Wildman–Crippen MR) is 113 cm³/mol. The quantitative estimate of drug-likeness (QED) is 0.366. The number of aryl methyl sites for hydroxylation is 1. The first-order valence-electron chi connectivity index (χ1n) is 11.7. The van der Waals surface area contributed by atoms with E-state index in [4.69, 9.17) is 9.47 Å². The highest BCUT2D eigenvalue weighted by molar-refractivity contribution is 5.73. The molecule has 0 unspecified atom stereocenters. The standard InChI is InChI=1S/C24H32O9/c1-24-7-6-13-12-5-3-11(32-23-19(28)17(26)18(27)20(33-23)22(30)31)8-10(12)2-4-14(13)15(24)9-16(25)21(24)29/h3,5,8,13-21,23,25-29H,2,4,6-7,9H2,1H3,(H,30,31)/t13-,14+,15+,16-,17+,18+,19-,20+,21+,23+,24+/m1/s1. The van der Waals surface area contributed by atoms with Crippen LogP contribution in [0.25, 0.3) is 0 Å². The third-order valence-corrected chi connectivity index (χ3v) is 8.74. The minimum atomic E-state index is -1.76. The lowest BCUT2D eigenvalue weighted by Crippen LogP contribution is -2.61. The van der Waals surface area contributed by atoms with Crippen molar-refractivity contribution in [3.05, 3.63) is 29.3 Å². The van der Waals surface area contributed by atoms with Crippen molar-refractivity contribution in [3.8, 4) is 5.75 Å². The van der Waals surface area contributed by atoms with Gasteiger partial charge in [-0.05, 0) is 78.5 Å². The molecule has 5 rings (SSSR count). The number of benzene rings is 1. The van der Waals surface area contributed by atoms with Gasteiger partial charge in [-0.3, -0.25) is 0 Å². The fourth-order valence-corrected chi connectivity index (χ4v) is 6.90. The summed E-state index contributed by atoms with van der Waals surface area (Å²) < 4.78 is 10.9. The van der Waals surface area contributed by atoms with Gasteiger partial charge >= 0.3 is 5.97 Å². The number of aliphatic hydroxyl groups is 5. The van der Waals surface area contributed by atoms with Crippen LogP contribution in [-0.4, -0.2) is 79.5 Å². The van der Waals surface area contributed by atoms with Crippen molar-refractivity contribution in [3.63, 3.8) is 0 Å². The van der Waals surface area contributed by atoms with Gasteiger partial charge in [0.05, 0.1) is 12.2 Å². The maximum Gasteiger partial charge on any atom is 0.335 e. The van der Waals surface area contributed by atoms with Crippen molar-refractivity contribution >= 4 is 5.97 Å². The van der Waals surface area contributed by atoms with E-state index in [2.05, 4.69) is 6.92 Å². The fraction of sp³-hybridized carbons (Fsp3) is 0.708. The Morgan fingerprint density at radius 1 is 1.09 bits per heavy atom. The van der Waals surface area contributed by atoms with Crippen LogP contribution in [0.1, 0.15) is 49.7 Å². The lowest BCUT2D eigenvalue weighted by Gasteiger charge is -2.50. The summed E-state index contributed by atoms with van der Waals surface area (Å²) in [6, 6.07) is 5.60. The fourth-order valence-electron chi connectivity index (χ4n) is 6.90. The zero-order valence-corrected chi connectivity index (χ0v) is 18.4. The summed E-state index contributed by atoms with van der Waals surface area (Å²) in [6.45, 7) is 2.10. The maximum absolute atomic E-state index is 11.3. The minimum absolute atomic E-state index is 0.248. The molecule has 33 heavy (non-hydrogen) atoms. The van der Waals surface area contributed by atoms with Gasteiger partial charge in [0.2, 0.25) is 6.29 Å². The van der Waals surface area contributed by atoms with Gasteiger partial charge in [0.1, 0.15) is 24.1 Å². The smallest absolute Gasteiger partial charge is 0.335 e. The number of fused-ring (bicyclic) bond motifs is 5. The van der Waals surface area contributed by atoms with Crippen LogP contribution in [0.15, 0.2) is 18.2 Å². The highest BCUT2D eigenvalue weighted by Crippen LogP contribution is 2.61. The number of hydrogen-bond acceptors (Lipinski definition) is 8. The zero-order valence-electron chi connectivity index (χ0n) is 18.4. The molecule has 6 N–H and O–H groups in total. The molecule has 9 heteroatoms. The van der Waals surface area contributed by atoms with E-state index >= 15 is 0 Å². The molecule has 1 aromatic rings. The topological polar surface area (TPSA) is 157 Å². The lowest BCUT2D eigenvalue weighted by molar-refractivity contribution is -0.271. The Balaban J connectivity index is 1.34. The first kappa shape index (κ1) is 23.0. The summed E-state index contributed by atoms with van der Waals surface area (Å²) >= 11 is 0. The molecule has 11 atom stereocenters. The molecule has 0 bridgehead atoms. The highest BCUT2D eigenvalue weighted by atomic mass is 16.7. The molecule has 1 saturated heterocycles. The van der Waals surface area contributed by atoms with Crippen LogP contribution in [0.5, 0.6) is 5.75 Å². The van der Waals surface area contributed by atoms with E-state index in [1.54, 1.807) is 6.07 Å². The van der Waals surface area contributed by atoms with E-state index in [9.17, 15) is 35.4 Å². The second kappa shape index (κ2) is 8.18. The molecule has 2 saturated carbocycles. The van der Waals surface area contributed by atoms with E-state index in [0.29, 0.717) is 24.0 Å². The van der Waals surface area contributed by atoms with Crippen molar-refractivity contribution in [1.29, 1.82) is 0 Å². The summed E-state index contributed by atoms with van der Waals surface area (Å²) in [5.74, 6) is -0.0622. The first-order chi connectivity index (χ1) is 15.6. The SMILES string of the molecule is C[C@]12CC[C@@H]3c4ccc(O[C@H]5O[C@H](C(=O)O)[C@@H](O)[C@H](O)[C@H]5O)cc4CC[C@@H]3[C@@H]1C[C@@H](O)[C@@H]2O. The Morgan fingerprint density at radius 2 is 1.85 bits per heavy atom. The third kappa shape index (κ3) is 3.57. The van der Waals surface area contributed by atoms with Gasteiger partial charge in [0.25, 0.3) is 0 Å². The molecule has 182 valence electrons. The van der Waals surface area contributed by atoms with Gasteiger partial charge < -0.3 is 40.1 Å². The van der Waals surface area contributed by atoms with Gasteiger partial charge in [0, 0.05) is 0 Å². The number of rotatable bonds is 3. The number of carboxylic acids is 1. The molecule has 1 aliphatic heterocycles. The molecule has 4 aliphatic rings. The van der Waals surface area contributed by atoms with Crippen molar-refractivity contribution in [2.75, 3.05) is 0 Å². The summed E-state index contributed by atoms with van der Waals surface area (Å²) in [5.41, 5.74) is 2.08. The van der Waals surface area contributed by atoms with Gasteiger partial charge in [-0.2, -0.15) is 0 Å². The molecule has 0 aromatic heterocycles. The van der Waals surface area contributed by atoms with E-state index < -0.39 is 48.9 Å². The Bertz CT molecular complexity index is 921. The Morgan fingerprint density at radius 3 is 2.58 bits per heavy atom. The van der Waals surface area contributed by atoms with Crippen molar-refractivity contribution in [2.24, 2.45) is 17.3 Å². The van der Waals surface area contributed by atoms with E-state index in [1.807, 2.05) is 12.1 Å². The number of carbonyl (C=O) groups is 1. The van der Waals surface area contributed by atoms with Gasteiger partial charge in [-0.25, -0.2) is 4.79 Å². The molecule has 0 amide bonds. The van der Waals surface area contributed by atoms with E-state index in [0.717, 1.165) is 31.2 Å². The molecule has 9 nitrogen and oxygen atoms in total. The van der Waals surface area contributed by atoms with Crippen molar-refractivity contribution in [1.82, 2.24) is 0 Å². The predicted octanol–water partition coefficient (Wildman–Crippen LogP) is 0.145. The Labute approximate surface area is 191 Å². The van der Waals surface area contributed by atoms with Crippen LogP contribution in [0, 0.1) is 17.3 Å². The summed E-state index contributed by atoms with van der Waals surface area (Å²) in [4.78, 5) is 11.3. The van der Waals surface area contributed by atoms with Crippen molar-refractivity contribution < 1.29 is 44.9 Å². The summed E-state index contributed by atoms with van der Waals surface area (Å²) in [7, 11) is 0. The van der Waals surface area contributed by atoms with Gasteiger partial charge in [0.15, 0.2) is 6.10 Å². The van der Waals surface area contributed by atoms with Crippen molar-refractivity contribution in [2.45, 2.75) is 87.9 Å². The van der Waals surface area contributed by atoms with Gasteiger partial charge in [-0.1, -0.05) is 13.0 Å². The molecule has 0 radical (unpaired) electrons. The van der Waals surface area contributed by atoms with Crippen LogP contribution >= 0.6 is 0 Å². The maximum atomic E-state index is 11.3. The number of ether oxygens (including phenoxy) is 2. The van der Waals surface area contributed by atoms with Crippen LogP contribution in [-0.2, 0) is 16.0 Å². The van der Waals surface area contributed by atoms with Crippen LogP contribution in [0.4, 0.5) is 0 Å². The van der Waals surface area contributed by atoms with E-state index in [1.165, 1.54) is 5.56 Å². The molecular weight excluding hydrogens is 432 g/mol. The lowest BCUT2D eigenvalue weighted by atomic mass is 9.55. The largest absolute Gasteiger partial charge is 0.479 e. The summed E-state index contributed by atoms with van der Waals surface area (Å²) in [6.07, 6.45) is -5.40. The minimum Gasteiger partial charge on any atom is -0.479 e. The molecule has 0 spiro atoms. The molecule has 1 heterocycles. The first-order valence-corrected chi connectivity index (χ1v) is 11.7. The Hall–Kier alpha value is -1.75. The molecule has 3 fully saturated rings. The number of aliphatic carboxylic acids is 1. The third-order valence-electron chi connectivity index (χ3n) is 8.74. The monoisotopic (exact) mass is 464 g/mol. The number of hydrogen-bond donors (Lipinski definition) is 6. The van der Waals surface area contributed by atoms with Gasteiger partial charge in [-0.15, -0.1) is 0 Å². The number of carboxylic acid groups (broad SMARTS) is 1. The average molecular weight is 465 g/mol. The second-order valence-corrected chi connectivity index (χ2v) is 10.4. The van der Waals surface area contributed by atoms with Crippen LogP contribution in [0.3, 0.4) is 0 Å². The summed E-state index contributed by atoms with van der Waals surface area (Å²) in [5, 5.41) is 60.2. The van der Waals surface area contributed by atoms with Crippen LogP contribution < -0.4 is 4.74 Å².